The lowest BCUT2D eigenvalue weighted by atomic mass is 10.1. The number of amides is 1. The molecule has 0 aliphatic rings. The highest BCUT2D eigenvalue weighted by Crippen LogP contribution is 2.18. The van der Waals surface area contributed by atoms with E-state index in [0.717, 1.165) is 10.8 Å². The lowest BCUT2D eigenvalue weighted by Gasteiger charge is -2.17. The molecule has 9 heteroatoms. The molecule has 1 heterocycles. The Hall–Kier alpha value is -2.52. The number of pyridine rings is 1. The molecular formula is C20H22ClN3O4S. The van der Waals surface area contributed by atoms with Crippen LogP contribution < -0.4 is 10.0 Å². The smallest absolute Gasteiger partial charge is 0.253 e. The minimum atomic E-state index is -3.76. The summed E-state index contributed by atoms with van der Waals surface area (Å²) in [5, 5.41) is 14.2. The van der Waals surface area contributed by atoms with Crippen molar-refractivity contribution in [2.75, 3.05) is 6.54 Å². The first-order valence-corrected chi connectivity index (χ1v) is 10.2. The number of aromatic nitrogens is 1. The molecule has 0 saturated carbocycles. The molecule has 154 valence electrons. The molecule has 0 aliphatic heterocycles. The maximum Gasteiger partial charge on any atom is 0.253 e. The number of halogens is 1. The highest BCUT2D eigenvalue weighted by molar-refractivity contribution is 7.89. The van der Waals surface area contributed by atoms with Crippen molar-refractivity contribution in [3.63, 3.8) is 0 Å². The van der Waals surface area contributed by atoms with Crippen LogP contribution in [0.15, 0.2) is 71.9 Å². The SMILES string of the molecule is CC(CNC(=O)C(O)c1ccccc1)NS(=O)(=O)c1ccc2cnccc2c1.Cl. The zero-order chi connectivity index (χ0) is 20.1. The van der Waals surface area contributed by atoms with Gasteiger partial charge in [0.05, 0.1) is 4.90 Å². The van der Waals surface area contributed by atoms with E-state index in [1.807, 2.05) is 0 Å². The lowest BCUT2D eigenvalue weighted by molar-refractivity contribution is -0.129. The van der Waals surface area contributed by atoms with E-state index < -0.39 is 28.1 Å². The minimum Gasteiger partial charge on any atom is -0.378 e. The minimum absolute atomic E-state index is 0. The fraction of sp³-hybridized carbons (Fsp3) is 0.200. The van der Waals surface area contributed by atoms with Gasteiger partial charge in [-0.3, -0.25) is 9.78 Å². The van der Waals surface area contributed by atoms with Gasteiger partial charge in [-0.05, 0) is 36.1 Å². The summed E-state index contributed by atoms with van der Waals surface area (Å²) in [5.74, 6) is -0.588. The second-order valence-corrected chi connectivity index (χ2v) is 8.18. The van der Waals surface area contributed by atoms with Crippen LogP contribution >= 0.6 is 12.4 Å². The Kier molecular flexibility index (Phi) is 7.69. The number of aliphatic hydroxyl groups is 1. The molecule has 0 aliphatic carbocycles. The van der Waals surface area contributed by atoms with Gasteiger partial charge in [0, 0.05) is 30.4 Å². The van der Waals surface area contributed by atoms with Crippen LogP contribution in [0.4, 0.5) is 0 Å². The molecule has 2 unspecified atom stereocenters. The normalized spacial score (nSPS) is 13.3. The summed E-state index contributed by atoms with van der Waals surface area (Å²) >= 11 is 0. The molecule has 3 N–H and O–H groups in total. The van der Waals surface area contributed by atoms with Crippen molar-refractivity contribution in [1.29, 1.82) is 0 Å². The van der Waals surface area contributed by atoms with Crippen LogP contribution in [0.25, 0.3) is 10.8 Å². The molecule has 1 amide bonds. The first kappa shape index (κ1) is 22.8. The molecule has 0 saturated heterocycles. The third kappa shape index (κ3) is 5.74. The first-order chi connectivity index (χ1) is 13.4. The monoisotopic (exact) mass is 435 g/mol. The summed E-state index contributed by atoms with van der Waals surface area (Å²) in [6.07, 6.45) is 1.96. The molecule has 2 atom stereocenters. The van der Waals surface area contributed by atoms with Crippen molar-refractivity contribution in [3.8, 4) is 0 Å². The number of rotatable bonds is 7. The van der Waals surface area contributed by atoms with Crippen LogP contribution in [0.2, 0.25) is 0 Å². The molecule has 2 aromatic carbocycles. The number of benzene rings is 2. The Balaban J connectivity index is 0.00000300. The summed E-state index contributed by atoms with van der Waals surface area (Å²) < 4.78 is 27.7. The van der Waals surface area contributed by atoms with E-state index >= 15 is 0 Å². The maximum absolute atomic E-state index is 12.6. The third-order valence-electron chi connectivity index (χ3n) is 4.22. The van der Waals surface area contributed by atoms with Crippen LogP contribution in [0, 0.1) is 0 Å². The van der Waals surface area contributed by atoms with Gasteiger partial charge in [0.25, 0.3) is 5.91 Å². The van der Waals surface area contributed by atoms with Crippen molar-refractivity contribution in [1.82, 2.24) is 15.0 Å². The fourth-order valence-corrected chi connectivity index (χ4v) is 4.02. The van der Waals surface area contributed by atoms with E-state index in [9.17, 15) is 18.3 Å². The number of hydrogen-bond donors (Lipinski definition) is 3. The van der Waals surface area contributed by atoms with Gasteiger partial charge >= 0.3 is 0 Å². The molecule has 0 radical (unpaired) electrons. The summed E-state index contributed by atoms with van der Waals surface area (Å²) in [6.45, 7) is 1.68. The number of nitrogens with zero attached hydrogens (tertiary/aromatic N) is 1. The molecular weight excluding hydrogens is 414 g/mol. The van der Waals surface area contributed by atoms with Crippen molar-refractivity contribution in [2.24, 2.45) is 0 Å². The Morgan fingerprint density at radius 1 is 1.10 bits per heavy atom. The quantitative estimate of drug-likeness (QED) is 0.527. The van der Waals surface area contributed by atoms with Gasteiger partial charge in [0.1, 0.15) is 0 Å². The highest BCUT2D eigenvalue weighted by atomic mass is 35.5. The lowest BCUT2D eigenvalue weighted by Crippen LogP contribution is -2.43. The number of hydrogen-bond acceptors (Lipinski definition) is 5. The van der Waals surface area contributed by atoms with Gasteiger partial charge in [-0.2, -0.15) is 0 Å². The number of aliphatic hydroxyl groups excluding tert-OH is 1. The van der Waals surface area contributed by atoms with E-state index in [1.54, 1.807) is 67.8 Å². The van der Waals surface area contributed by atoms with Gasteiger partial charge in [-0.15, -0.1) is 12.4 Å². The van der Waals surface area contributed by atoms with Crippen LogP contribution in [0.3, 0.4) is 0 Å². The van der Waals surface area contributed by atoms with Gasteiger partial charge in [0.2, 0.25) is 10.0 Å². The van der Waals surface area contributed by atoms with Gasteiger partial charge in [0.15, 0.2) is 6.10 Å². The molecule has 3 rings (SSSR count). The second kappa shape index (κ2) is 9.80. The Morgan fingerprint density at radius 3 is 2.55 bits per heavy atom. The van der Waals surface area contributed by atoms with Crippen LogP contribution in [-0.4, -0.2) is 37.0 Å². The molecule has 1 aromatic heterocycles. The van der Waals surface area contributed by atoms with Crippen molar-refractivity contribution in [2.45, 2.75) is 24.0 Å². The van der Waals surface area contributed by atoms with Gasteiger partial charge in [-0.1, -0.05) is 36.4 Å². The number of fused-ring (bicyclic) bond motifs is 1. The average Bonchev–Trinajstić information content (AvgIpc) is 2.71. The van der Waals surface area contributed by atoms with Crippen LogP contribution in [0.1, 0.15) is 18.6 Å². The van der Waals surface area contributed by atoms with E-state index in [4.69, 9.17) is 0 Å². The molecule has 0 fully saturated rings. The molecule has 0 bridgehead atoms. The second-order valence-electron chi connectivity index (χ2n) is 6.47. The zero-order valence-corrected chi connectivity index (χ0v) is 17.3. The van der Waals surface area contributed by atoms with Crippen molar-refractivity contribution >= 4 is 39.1 Å². The van der Waals surface area contributed by atoms with E-state index in [1.165, 1.54) is 6.07 Å². The summed E-state index contributed by atoms with van der Waals surface area (Å²) in [4.78, 5) is 16.2. The molecule has 7 nitrogen and oxygen atoms in total. The first-order valence-electron chi connectivity index (χ1n) is 8.73. The largest absolute Gasteiger partial charge is 0.378 e. The number of carbonyl (C=O) groups is 1. The molecule has 29 heavy (non-hydrogen) atoms. The average molecular weight is 436 g/mol. The standard InChI is InChI=1S/C20H21N3O4S.ClH/c1-14(12-22-20(25)19(24)15-5-3-2-4-6-15)23-28(26,27)18-8-7-17-13-21-10-9-16(17)11-18;/h2-11,13-14,19,23-24H,12H2,1H3,(H,22,25);1H. The number of nitrogens with one attached hydrogen (secondary N) is 2. The molecule has 0 spiro atoms. The Labute approximate surface area is 175 Å². The van der Waals surface area contributed by atoms with Crippen molar-refractivity contribution in [3.05, 3.63) is 72.6 Å². The number of sulfonamides is 1. The van der Waals surface area contributed by atoms with Crippen LogP contribution in [-0.2, 0) is 14.8 Å². The fourth-order valence-electron chi connectivity index (χ4n) is 2.74. The Morgan fingerprint density at radius 2 is 1.83 bits per heavy atom. The maximum atomic E-state index is 12.6. The topological polar surface area (TPSA) is 108 Å². The van der Waals surface area contributed by atoms with E-state index in [2.05, 4.69) is 15.0 Å². The summed E-state index contributed by atoms with van der Waals surface area (Å²) in [6, 6.07) is 14.5. The Bertz CT molecular complexity index is 1080. The van der Waals surface area contributed by atoms with Gasteiger partial charge in [-0.25, -0.2) is 13.1 Å². The van der Waals surface area contributed by atoms with E-state index in [0.29, 0.717) is 5.56 Å². The van der Waals surface area contributed by atoms with E-state index in [-0.39, 0.29) is 23.8 Å². The number of carbonyl (C=O) groups excluding carboxylic acids is 1. The summed E-state index contributed by atoms with van der Waals surface area (Å²) in [7, 11) is -3.76. The highest BCUT2D eigenvalue weighted by Gasteiger charge is 2.20. The molecule has 3 aromatic rings. The van der Waals surface area contributed by atoms with Crippen molar-refractivity contribution < 1.29 is 18.3 Å². The predicted molar refractivity (Wildman–Crippen MR) is 113 cm³/mol. The predicted octanol–water partition coefficient (Wildman–Crippen LogP) is 2.17. The summed E-state index contributed by atoms with van der Waals surface area (Å²) in [5.41, 5.74) is 0.471. The zero-order valence-electron chi connectivity index (χ0n) is 15.6. The van der Waals surface area contributed by atoms with Crippen LogP contribution in [0.5, 0.6) is 0 Å². The van der Waals surface area contributed by atoms with Gasteiger partial charge < -0.3 is 10.4 Å². The third-order valence-corrected chi connectivity index (χ3v) is 5.81.